The second kappa shape index (κ2) is 6.87. The molecular formula is C14H20N2O2. The number of nitrogens with one attached hydrogen (secondary N) is 1. The van der Waals surface area contributed by atoms with Gasteiger partial charge in [0, 0.05) is 24.2 Å². The summed E-state index contributed by atoms with van der Waals surface area (Å²) in [6, 6.07) is 8.08. The van der Waals surface area contributed by atoms with Crippen LogP contribution in [0.25, 0.3) is 0 Å². The summed E-state index contributed by atoms with van der Waals surface area (Å²) < 4.78 is 10.5. The van der Waals surface area contributed by atoms with Gasteiger partial charge in [0.2, 0.25) is 0 Å². The molecule has 18 heavy (non-hydrogen) atoms. The Labute approximate surface area is 109 Å². The molecule has 4 heteroatoms. The molecule has 2 unspecified atom stereocenters. The second-order valence-corrected chi connectivity index (χ2v) is 4.27. The summed E-state index contributed by atoms with van der Waals surface area (Å²) in [6.07, 6.45) is 0. The average molecular weight is 248 g/mol. The van der Waals surface area contributed by atoms with Crippen LogP contribution in [0.1, 0.15) is 25.5 Å². The van der Waals surface area contributed by atoms with Gasteiger partial charge in [-0.25, -0.2) is 0 Å². The lowest BCUT2D eigenvalue weighted by Crippen LogP contribution is -2.24. The highest BCUT2D eigenvalue weighted by Gasteiger charge is 2.12. The molecule has 0 aromatic heterocycles. The number of hydrogen-bond acceptors (Lipinski definition) is 4. The van der Waals surface area contributed by atoms with Gasteiger partial charge in [-0.1, -0.05) is 6.07 Å². The fraction of sp³-hybridized carbons (Fsp3) is 0.500. The first-order chi connectivity index (χ1) is 8.62. The molecule has 1 rings (SSSR count). The second-order valence-electron chi connectivity index (χ2n) is 4.27. The molecule has 0 bridgehead atoms. The number of ether oxygens (including phenoxy) is 2. The summed E-state index contributed by atoms with van der Waals surface area (Å²) in [7, 11) is 3.27. The lowest BCUT2D eigenvalue weighted by molar-refractivity contribution is 0.385. The molecule has 0 aliphatic rings. The highest BCUT2D eigenvalue weighted by molar-refractivity contribution is 5.42. The Bertz CT molecular complexity index is 426. The van der Waals surface area contributed by atoms with E-state index in [1.807, 2.05) is 25.1 Å². The molecule has 1 aromatic rings. The van der Waals surface area contributed by atoms with E-state index < -0.39 is 0 Å². The van der Waals surface area contributed by atoms with Gasteiger partial charge in [-0.05, 0) is 19.9 Å². The molecule has 0 amide bonds. The maximum Gasteiger partial charge on any atom is 0.127 e. The molecule has 0 fully saturated rings. The van der Waals surface area contributed by atoms with Gasteiger partial charge in [-0.2, -0.15) is 5.26 Å². The van der Waals surface area contributed by atoms with Crippen LogP contribution in [-0.2, 0) is 0 Å². The van der Waals surface area contributed by atoms with Gasteiger partial charge in [-0.3, -0.25) is 0 Å². The van der Waals surface area contributed by atoms with E-state index in [1.54, 1.807) is 14.2 Å². The third-order valence-corrected chi connectivity index (χ3v) is 2.86. The van der Waals surface area contributed by atoms with Crippen LogP contribution in [0.15, 0.2) is 18.2 Å². The minimum absolute atomic E-state index is 0.00306. The number of rotatable bonds is 6. The van der Waals surface area contributed by atoms with Crippen molar-refractivity contribution in [1.29, 1.82) is 5.26 Å². The van der Waals surface area contributed by atoms with E-state index >= 15 is 0 Å². The topological polar surface area (TPSA) is 54.3 Å². The molecule has 0 spiro atoms. The largest absolute Gasteiger partial charge is 0.497 e. The zero-order chi connectivity index (χ0) is 13.5. The molecule has 2 atom stereocenters. The Hall–Kier alpha value is -1.73. The van der Waals surface area contributed by atoms with Crippen molar-refractivity contribution in [2.75, 3.05) is 20.8 Å². The van der Waals surface area contributed by atoms with Crippen molar-refractivity contribution in [3.8, 4) is 17.6 Å². The van der Waals surface area contributed by atoms with Crippen molar-refractivity contribution in [2.45, 2.75) is 19.9 Å². The van der Waals surface area contributed by atoms with Crippen molar-refractivity contribution in [1.82, 2.24) is 5.32 Å². The zero-order valence-corrected chi connectivity index (χ0v) is 11.4. The smallest absolute Gasteiger partial charge is 0.127 e. The maximum atomic E-state index is 8.76. The first-order valence-corrected chi connectivity index (χ1v) is 5.97. The van der Waals surface area contributed by atoms with Crippen LogP contribution in [0.5, 0.6) is 11.5 Å². The monoisotopic (exact) mass is 248 g/mol. The average Bonchev–Trinajstić information content (AvgIpc) is 2.43. The molecule has 0 radical (unpaired) electrons. The van der Waals surface area contributed by atoms with E-state index in [9.17, 15) is 0 Å². The molecule has 0 saturated heterocycles. The van der Waals surface area contributed by atoms with Crippen LogP contribution < -0.4 is 14.8 Å². The summed E-state index contributed by atoms with van der Waals surface area (Å²) in [4.78, 5) is 0. The van der Waals surface area contributed by atoms with Crippen molar-refractivity contribution < 1.29 is 9.47 Å². The fourth-order valence-corrected chi connectivity index (χ4v) is 1.69. The van der Waals surface area contributed by atoms with E-state index in [-0.39, 0.29) is 12.0 Å². The molecular weight excluding hydrogens is 228 g/mol. The molecule has 0 aliphatic carbocycles. The van der Waals surface area contributed by atoms with Crippen molar-refractivity contribution >= 4 is 0 Å². The van der Waals surface area contributed by atoms with Gasteiger partial charge in [0.15, 0.2) is 0 Å². The van der Waals surface area contributed by atoms with Gasteiger partial charge in [-0.15, -0.1) is 0 Å². The van der Waals surface area contributed by atoms with E-state index in [4.69, 9.17) is 14.7 Å². The number of nitrogens with zero attached hydrogens (tertiary/aromatic N) is 1. The van der Waals surface area contributed by atoms with Crippen LogP contribution in [0.4, 0.5) is 0 Å². The first kappa shape index (κ1) is 14.3. The minimum Gasteiger partial charge on any atom is -0.497 e. The predicted octanol–water partition coefficient (Wildman–Crippen LogP) is 2.51. The van der Waals surface area contributed by atoms with Gasteiger partial charge < -0.3 is 14.8 Å². The summed E-state index contributed by atoms with van der Waals surface area (Å²) >= 11 is 0. The normalized spacial score (nSPS) is 13.5. The number of methoxy groups -OCH3 is 2. The van der Waals surface area contributed by atoms with Gasteiger partial charge in [0.1, 0.15) is 11.5 Å². The summed E-state index contributed by atoms with van der Waals surface area (Å²) in [5.41, 5.74) is 1.06. The van der Waals surface area contributed by atoms with Crippen LogP contribution in [0, 0.1) is 17.2 Å². The minimum atomic E-state index is -0.00306. The van der Waals surface area contributed by atoms with E-state index in [0.717, 1.165) is 17.1 Å². The molecule has 1 N–H and O–H groups in total. The van der Waals surface area contributed by atoms with Crippen LogP contribution in [-0.4, -0.2) is 20.8 Å². The molecule has 0 heterocycles. The Kier molecular flexibility index (Phi) is 5.47. The number of hydrogen-bond donors (Lipinski definition) is 1. The summed E-state index contributed by atoms with van der Waals surface area (Å²) in [5, 5.41) is 12.1. The molecule has 0 aliphatic heterocycles. The Morgan fingerprint density at radius 2 is 2.00 bits per heavy atom. The van der Waals surface area contributed by atoms with E-state index in [0.29, 0.717) is 6.54 Å². The quantitative estimate of drug-likeness (QED) is 0.840. The maximum absolute atomic E-state index is 8.76. The third kappa shape index (κ3) is 3.64. The van der Waals surface area contributed by atoms with Gasteiger partial charge in [0.05, 0.1) is 26.2 Å². The van der Waals surface area contributed by atoms with Crippen LogP contribution in [0.3, 0.4) is 0 Å². The first-order valence-electron chi connectivity index (χ1n) is 5.97. The van der Waals surface area contributed by atoms with Crippen LogP contribution in [0.2, 0.25) is 0 Å². The fourth-order valence-electron chi connectivity index (χ4n) is 1.69. The molecule has 98 valence electrons. The standard InChI is InChI=1S/C14H20N2O2/c1-10(8-15)9-16-11(2)13-6-5-12(17-3)7-14(13)18-4/h5-7,10-11,16H,9H2,1-4H3. The highest BCUT2D eigenvalue weighted by atomic mass is 16.5. The van der Waals surface area contributed by atoms with E-state index in [1.165, 1.54) is 0 Å². The number of benzene rings is 1. The van der Waals surface area contributed by atoms with Gasteiger partial charge >= 0.3 is 0 Å². The highest BCUT2D eigenvalue weighted by Crippen LogP contribution is 2.29. The van der Waals surface area contributed by atoms with Crippen molar-refractivity contribution in [3.05, 3.63) is 23.8 Å². The molecule has 4 nitrogen and oxygen atoms in total. The molecule has 1 aromatic carbocycles. The molecule has 0 saturated carbocycles. The summed E-state index contributed by atoms with van der Waals surface area (Å²) in [6.45, 7) is 4.60. The number of nitriles is 1. The Morgan fingerprint density at radius 3 is 2.56 bits per heavy atom. The Balaban J connectivity index is 2.79. The lowest BCUT2D eigenvalue weighted by atomic mass is 10.1. The zero-order valence-electron chi connectivity index (χ0n) is 11.4. The van der Waals surface area contributed by atoms with Crippen LogP contribution >= 0.6 is 0 Å². The third-order valence-electron chi connectivity index (χ3n) is 2.86. The van der Waals surface area contributed by atoms with Crippen molar-refractivity contribution in [3.63, 3.8) is 0 Å². The summed E-state index contributed by atoms with van der Waals surface area (Å²) in [5.74, 6) is 1.56. The Morgan fingerprint density at radius 1 is 1.28 bits per heavy atom. The predicted molar refractivity (Wildman–Crippen MR) is 70.7 cm³/mol. The van der Waals surface area contributed by atoms with Crippen molar-refractivity contribution in [2.24, 2.45) is 5.92 Å². The SMILES string of the molecule is COc1ccc(C(C)NCC(C)C#N)c(OC)c1. The van der Waals surface area contributed by atoms with Gasteiger partial charge in [0.25, 0.3) is 0 Å². The lowest BCUT2D eigenvalue weighted by Gasteiger charge is -2.18. The van der Waals surface area contributed by atoms with E-state index in [2.05, 4.69) is 18.3 Å².